The van der Waals surface area contributed by atoms with Crippen LogP contribution < -0.4 is 0 Å². The number of benzene rings is 1. The smallest absolute Gasteiger partial charge is 0.323 e. The molecule has 114 valence electrons. The fraction of sp³-hybridized carbons (Fsp3) is 0.312. The van der Waals surface area contributed by atoms with Crippen molar-refractivity contribution >= 4 is 11.9 Å². The van der Waals surface area contributed by atoms with Crippen LogP contribution in [0.1, 0.15) is 40.6 Å². The molecule has 1 fully saturated rings. The molecule has 1 saturated carbocycles. The Morgan fingerprint density at radius 1 is 1.27 bits per heavy atom. The van der Waals surface area contributed by atoms with Crippen molar-refractivity contribution in [1.29, 1.82) is 0 Å². The van der Waals surface area contributed by atoms with Crippen molar-refractivity contribution in [2.24, 2.45) is 0 Å². The first-order valence-electron chi connectivity index (χ1n) is 7.15. The number of hydrogen-bond acceptors (Lipinski definition) is 4. The molecule has 0 atom stereocenters. The first kappa shape index (κ1) is 14.3. The van der Waals surface area contributed by atoms with E-state index in [1.807, 2.05) is 30.3 Å². The van der Waals surface area contributed by atoms with Crippen LogP contribution in [0, 0.1) is 0 Å². The minimum Gasteiger partial charge on any atom is -0.480 e. The fourth-order valence-corrected chi connectivity index (χ4v) is 2.28. The second-order valence-electron chi connectivity index (χ2n) is 5.43. The van der Waals surface area contributed by atoms with Gasteiger partial charge in [-0.1, -0.05) is 35.5 Å². The number of aromatic nitrogens is 1. The summed E-state index contributed by atoms with van der Waals surface area (Å²) in [6.07, 6.45) is 2.12. The molecule has 2 aromatic rings. The van der Waals surface area contributed by atoms with E-state index in [0.29, 0.717) is 5.92 Å². The summed E-state index contributed by atoms with van der Waals surface area (Å²) in [6, 6.07) is 10.9. The van der Waals surface area contributed by atoms with E-state index in [2.05, 4.69) is 5.16 Å². The Hall–Kier alpha value is -2.63. The second kappa shape index (κ2) is 6.01. The summed E-state index contributed by atoms with van der Waals surface area (Å²) in [6.45, 7) is -0.168. The van der Waals surface area contributed by atoms with Crippen LogP contribution in [-0.4, -0.2) is 33.6 Å². The molecule has 1 amide bonds. The zero-order chi connectivity index (χ0) is 15.5. The molecular formula is C16H16N2O4. The summed E-state index contributed by atoms with van der Waals surface area (Å²) in [5, 5.41) is 12.9. The van der Waals surface area contributed by atoms with Crippen LogP contribution in [0.4, 0.5) is 0 Å². The summed E-state index contributed by atoms with van der Waals surface area (Å²) in [7, 11) is 0. The molecule has 1 aromatic heterocycles. The molecule has 1 heterocycles. The average Bonchev–Trinajstić information content (AvgIpc) is 3.24. The SMILES string of the molecule is O=C(O)CN(Cc1ccccc1)C(=O)c1cc(C2CC2)no1. The molecule has 3 rings (SSSR count). The molecule has 22 heavy (non-hydrogen) atoms. The van der Waals surface area contributed by atoms with Gasteiger partial charge < -0.3 is 14.5 Å². The monoisotopic (exact) mass is 300 g/mol. The van der Waals surface area contributed by atoms with Gasteiger partial charge in [-0.25, -0.2) is 0 Å². The van der Waals surface area contributed by atoms with E-state index in [4.69, 9.17) is 9.63 Å². The predicted molar refractivity (Wildman–Crippen MR) is 77.3 cm³/mol. The van der Waals surface area contributed by atoms with E-state index >= 15 is 0 Å². The number of carboxylic acid groups (broad SMARTS) is 1. The predicted octanol–water partition coefficient (Wildman–Crippen LogP) is 2.28. The maximum atomic E-state index is 12.5. The largest absolute Gasteiger partial charge is 0.480 e. The van der Waals surface area contributed by atoms with Crippen molar-refractivity contribution in [2.45, 2.75) is 25.3 Å². The molecule has 0 saturated heterocycles. The lowest BCUT2D eigenvalue weighted by atomic mass is 10.2. The van der Waals surface area contributed by atoms with Gasteiger partial charge in [-0.2, -0.15) is 0 Å². The number of hydrogen-bond donors (Lipinski definition) is 1. The van der Waals surface area contributed by atoms with Gasteiger partial charge in [0, 0.05) is 18.5 Å². The second-order valence-corrected chi connectivity index (χ2v) is 5.43. The number of nitrogens with zero attached hydrogens (tertiary/aromatic N) is 2. The molecule has 1 N–H and O–H groups in total. The highest BCUT2D eigenvalue weighted by Crippen LogP contribution is 2.39. The van der Waals surface area contributed by atoms with Crippen LogP contribution in [0.5, 0.6) is 0 Å². The molecule has 6 heteroatoms. The molecule has 1 aliphatic carbocycles. The lowest BCUT2D eigenvalue weighted by Gasteiger charge is -2.19. The zero-order valence-electron chi connectivity index (χ0n) is 11.9. The van der Waals surface area contributed by atoms with Gasteiger partial charge in [-0.15, -0.1) is 0 Å². The first-order chi connectivity index (χ1) is 10.6. The highest BCUT2D eigenvalue weighted by molar-refractivity contribution is 5.93. The normalized spacial score (nSPS) is 13.8. The Balaban J connectivity index is 1.77. The van der Waals surface area contributed by atoms with Crippen molar-refractivity contribution < 1.29 is 19.2 Å². The van der Waals surface area contributed by atoms with E-state index in [0.717, 1.165) is 24.1 Å². The summed E-state index contributed by atoms with van der Waals surface area (Å²) < 4.78 is 5.09. The maximum absolute atomic E-state index is 12.5. The number of carboxylic acids is 1. The summed E-state index contributed by atoms with van der Waals surface area (Å²) in [4.78, 5) is 24.7. The number of aliphatic carboxylic acids is 1. The quantitative estimate of drug-likeness (QED) is 0.884. The first-order valence-corrected chi connectivity index (χ1v) is 7.15. The standard InChI is InChI=1S/C16H16N2O4/c19-15(20)10-18(9-11-4-2-1-3-5-11)16(21)14-8-13(17-22-14)12-6-7-12/h1-5,8,12H,6-7,9-10H2,(H,19,20). The zero-order valence-corrected chi connectivity index (χ0v) is 11.9. The third kappa shape index (κ3) is 3.33. The van der Waals surface area contributed by atoms with Crippen LogP contribution in [-0.2, 0) is 11.3 Å². The van der Waals surface area contributed by atoms with E-state index in [9.17, 15) is 9.59 Å². The number of amides is 1. The van der Waals surface area contributed by atoms with Gasteiger partial charge in [0.2, 0.25) is 5.76 Å². The number of rotatable bonds is 6. The van der Waals surface area contributed by atoms with Gasteiger partial charge in [0.05, 0.1) is 5.69 Å². The van der Waals surface area contributed by atoms with E-state index < -0.39 is 11.9 Å². The molecule has 0 bridgehead atoms. The Labute approximate surface area is 127 Å². The Kier molecular flexibility index (Phi) is 3.91. The van der Waals surface area contributed by atoms with Crippen molar-refractivity contribution in [3.63, 3.8) is 0 Å². The molecule has 0 spiro atoms. The number of carbonyl (C=O) groups excluding carboxylic acids is 1. The molecule has 6 nitrogen and oxygen atoms in total. The third-order valence-electron chi connectivity index (χ3n) is 3.56. The molecule has 0 radical (unpaired) electrons. The Morgan fingerprint density at radius 3 is 2.64 bits per heavy atom. The van der Waals surface area contributed by atoms with E-state index in [1.54, 1.807) is 6.07 Å². The van der Waals surface area contributed by atoms with Gasteiger partial charge in [0.15, 0.2) is 0 Å². The van der Waals surface area contributed by atoms with Crippen molar-refractivity contribution in [2.75, 3.05) is 6.54 Å². The van der Waals surface area contributed by atoms with Gasteiger partial charge in [0.25, 0.3) is 5.91 Å². The minimum atomic E-state index is -1.06. The maximum Gasteiger partial charge on any atom is 0.323 e. The van der Waals surface area contributed by atoms with Crippen LogP contribution in [0.15, 0.2) is 40.9 Å². The van der Waals surface area contributed by atoms with Gasteiger partial charge in [-0.05, 0) is 18.4 Å². The molecule has 0 unspecified atom stereocenters. The van der Waals surface area contributed by atoms with E-state index in [1.165, 1.54) is 4.90 Å². The third-order valence-corrected chi connectivity index (χ3v) is 3.56. The topological polar surface area (TPSA) is 83.6 Å². The van der Waals surface area contributed by atoms with Crippen LogP contribution in [0.2, 0.25) is 0 Å². The van der Waals surface area contributed by atoms with Gasteiger partial charge >= 0.3 is 5.97 Å². The van der Waals surface area contributed by atoms with Gasteiger partial charge in [-0.3, -0.25) is 9.59 Å². The Bertz CT molecular complexity index is 676. The highest BCUT2D eigenvalue weighted by atomic mass is 16.5. The summed E-state index contributed by atoms with van der Waals surface area (Å²) in [5.74, 6) is -1.04. The molecular weight excluding hydrogens is 284 g/mol. The lowest BCUT2D eigenvalue weighted by Crippen LogP contribution is -2.35. The molecule has 0 aliphatic heterocycles. The van der Waals surface area contributed by atoms with Crippen molar-refractivity contribution in [3.8, 4) is 0 Å². The summed E-state index contributed by atoms with van der Waals surface area (Å²) in [5.41, 5.74) is 1.64. The van der Waals surface area contributed by atoms with Crippen LogP contribution in [0.3, 0.4) is 0 Å². The Morgan fingerprint density at radius 2 is 2.00 bits per heavy atom. The highest BCUT2D eigenvalue weighted by Gasteiger charge is 2.29. The minimum absolute atomic E-state index is 0.0964. The molecule has 1 aliphatic rings. The lowest BCUT2D eigenvalue weighted by molar-refractivity contribution is -0.137. The average molecular weight is 300 g/mol. The summed E-state index contributed by atoms with van der Waals surface area (Å²) >= 11 is 0. The number of carbonyl (C=O) groups is 2. The van der Waals surface area contributed by atoms with Crippen LogP contribution >= 0.6 is 0 Å². The van der Waals surface area contributed by atoms with Crippen LogP contribution in [0.25, 0.3) is 0 Å². The van der Waals surface area contributed by atoms with Gasteiger partial charge in [0.1, 0.15) is 6.54 Å². The molecule has 1 aromatic carbocycles. The van der Waals surface area contributed by atoms with Crippen molar-refractivity contribution in [1.82, 2.24) is 10.1 Å². The fourth-order valence-electron chi connectivity index (χ4n) is 2.28. The van der Waals surface area contributed by atoms with Crippen molar-refractivity contribution in [3.05, 3.63) is 53.4 Å². The van der Waals surface area contributed by atoms with E-state index in [-0.39, 0.29) is 18.8 Å².